The average Bonchev–Trinajstić information content (AvgIpc) is 3.09. The molecule has 0 radical (unpaired) electrons. The van der Waals surface area contributed by atoms with Crippen molar-refractivity contribution in [1.29, 1.82) is 0 Å². The summed E-state index contributed by atoms with van der Waals surface area (Å²) in [5, 5.41) is 3.50. The van der Waals surface area contributed by atoms with E-state index in [2.05, 4.69) is 26.1 Å². The summed E-state index contributed by atoms with van der Waals surface area (Å²) >= 11 is 1.49. The first-order valence-electron chi connectivity index (χ1n) is 10.5. The highest BCUT2D eigenvalue weighted by Gasteiger charge is 2.34. The largest absolute Gasteiger partial charge is 0.493 e. The summed E-state index contributed by atoms with van der Waals surface area (Å²) in [4.78, 5) is 26.9. The van der Waals surface area contributed by atoms with Crippen molar-refractivity contribution in [3.05, 3.63) is 39.8 Å². The molecule has 0 bridgehead atoms. The summed E-state index contributed by atoms with van der Waals surface area (Å²) in [6, 6.07) is 4.98. The van der Waals surface area contributed by atoms with Crippen molar-refractivity contribution in [2.75, 3.05) is 26.1 Å². The van der Waals surface area contributed by atoms with E-state index in [-0.39, 0.29) is 23.9 Å². The second-order valence-electron chi connectivity index (χ2n) is 8.76. The SMILES string of the molecule is CCOC(=O)c1c(NC(=O)c2ccc(OC)c(OC)c2)sc2c1CC[C@H](C(C)(C)C)C2. The molecule has 1 atom stereocenters. The molecule has 0 fully saturated rings. The van der Waals surface area contributed by atoms with Crippen LogP contribution in [0.3, 0.4) is 0 Å². The third-order valence-electron chi connectivity index (χ3n) is 5.84. The zero-order chi connectivity index (χ0) is 22.8. The number of hydrogen-bond donors (Lipinski definition) is 1. The maximum absolute atomic E-state index is 13.0. The molecule has 1 amide bonds. The van der Waals surface area contributed by atoms with Crippen molar-refractivity contribution in [3.63, 3.8) is 0 Å². The van der Waals surface area contributed by atoms with E-state index in [1.807, 2.05) is 0 Å². The molecule has 168 valence electrons. The Kier molecular flexibility index (Phi) is 6.94. The minimum absolute atomic E-state index is 0.189. The molecule has 1 aromatic carbocycles. The Morgan fingerprint density at radius 3 is 2.48 bits per heavy atom. The zero-order valence-corrected chi connectivity index (χ0v) is 19.9. The lowest BCUT2D eigenvalue weighted by Gasteiger charge is -2.33. The van der Waals surface area contributed by atoms with Crippen molar-refractivity contribution in [2.24, 2.45) is 11.3 Å². The van der Waals surface area contributed by atoms with Crippen LogP contribution in [0.5, 0.6) is 11.5 Å². The Morgan fingerprint density at radius 2 is 1.87 bits per heavy atom. The summed E-state index contributed by atoms with van der Waals surface area (Å²) < 4.78 is 15.9. The van der Waals surface area contributed by atoms with Crippen molar-refractivity contribution in [2.45, 2.75) is 47.0 Å². The molecule has 0 spiro atoms. The highest BCUT2D eigenvalue weighted by Crippen LogP contribution is 2.44. The summed E-state index contributed by atoms with van der Waals surface area (Å²) in [5.74, 6) is 0.864. The van der Waals surface area contributed by atoms with E-state index in [1.165, 1.54) is 18.4 Å². The number of rotatable bonds is 6. The molecule has 1 heterocycles. The molecule has 7 heteroatoms. The Labute approximate surface area is 187 Å². The topological polar surface area (TPSA) is 73.9 Å². The average molecular weight is 446 g/mol. The number of fused-ring (bicyclic) bond motifs is 1. The Morgan fingerprint density at radius 1 is 1.16 bits per heavy atom. The van der Waals surface area contributed by atoms with Crippen LogP contribution >= 0.6 is 11.3 Å². The molecule has 0 aliphatic heterocycles. The predicted molar refractivity (Wildman–Crippen MR) is 123 cm³/mol. The Hall–Kier alpha value is -2.54. The fourth-order valence-corrected chi connectivity index (χ4v) is 5.30. The number of amides is 1. The highest BCUT2D eigenvalue weighted by atomic mass is 32.1. The van der Waals surface area contributed by atoms with Gasteiger partial charge in [-0.2, -0.15) is 0 Å². The summed E-state index contributed by atoms with van der Waals surface area (Å²) in [5.41, 5.74) is 2.13. The van der Waals surface area contributed by atoms with Gasteiger partial charge in [-0.05, 0) is 61.3 Å². The van der Waals surface area contributed by atoms with Crippen molar-refractivity contribution in [3.8, 4) is 11.5 Å². The second kappa shape index (κ2) is 9.30. The zero-order valence-electron chi connectivity index (χ0n) is 19.1. The minimum atomic E-state index is -0.378. The molecular formula is C24H31NO5S. The van der Waals surface area contributed by atoms with Crippen molar-refractivity contribution in [1.82, 2.24) is 0 Å². The van der Waals surface area contributed by atoms with Gasteiger partial charge in [0.1, 0.15) is 5.00 Å². The first-order chi connectivity index (χ1) is 14.7. The fourth-order valence-electron chi connectivity index (χ4n) is 3.99. The van der Waals surface area contributed by atoms with Gasteiger partial charge >= 0.3 is 5.97 Å². The molecule has 0 saturated carbocycles. The maximum Gasteiger partial charge on any atom is 0.341 e. The predicted octanol–water partition coefficient (Wildman–Crippen LogP) is 5.35. The van der Waals surface area contributed by atoms with Gasteiger partial charge in [-0.25, -0.2) is 4.79 Å². The van der Waals surface area contributed by atoms with Crippen LogP contribution in [0.2, 0.25) is 0 Å². The number of esters is 1. The van der Waals surface area contributed by atoms with Gasteiger partial charge in [-0.15, -0.1) is 11.3 Å². The number of hydrogen-bond acceptors (Lipinski definition) is 6. The van der Waals surface area contributed by atoms with Crippen LogP contribution in [-0.2, 0) is 17.6 Å². The van der Waals surface area contributed by atoms with Crippen LogP contribution in [-0.4, -0.2) is 32.7 Å². The first-order valence-corrected chi connectivity index (χ1v) is 11.4. The molecule has 2 aromatic rings. The summed E-state index contributed by atoms with van der Waals surface area (Å²) in [6.45, 7) is 8.83. The van der Waals surface area contributed by atoms with E-state index >= 15 is 0 Å². The van der Waals surface area contributed by atoms with Crippen LogP contribution in [0.25, 0.3) is 0 Å². The van der Waals surface area contributed by atoms with Gasteiger partial charge in [0.2, 0.25) is 0 Å². The fraction of sp³-hybridized carbons (Fsp3) is 0.500. The van der Waals surface area contributed by atoms with Crippen LogP contribution in [0.15, 0.2) is 18.2 Å². The van der Waals surface area contributed by atoms with E-state index in [9.17, 15) is 9.59 Å². The van der Waals surface area contributed by atoms with Gasteiger partial charge in [-0.3, -0.25) is 4.79 Å². The number of carbonyl (C=O) groups is 2. The van der Waals surface area contributed by atoms with Gasteiger partial charge in [0.05, 0.1) is 26.4 Å². The Balaban J connectivity index is 1.94. The number of anilines is 1. The number of thiophene rings is 1. The molecule has 6 nitrogen and oxygen atoms in total. The quantitative estimate of drug-likeness (QED) is 0.607. The van der Waals surface area contributed by atoms with Gasteiger partial charge in [0.15, 0.2) is 11.5 Å². The third kappa shape index (κ3) is 4.87. The highest BCUT2D eigenvalue weighted by molar-refractivity contribution is 7.17. The lowest BCUT2D eigenvalue weighted by atomic mass is 9.72. The van der Waals surface area contributed by atoms with E-state index in [0.29, 0.717) is 33.5 Å². The maximum atomic E-state index is 13.0. The summed E-state index contributed by atoms with van der Waals surface area (Å²) in [7, 11) is 3.07. The van der Waals surface area contributed by atoms with Crippen LogP contribution < -0.4 is 14.8 Å². The molecule has 1 N–H and O–H groups in total. The standard InChI is InChI=1S/C24H31NO5S/c1-7-30-23(27)20-16-10-9-15(24(2,3)4)13-19(16)31-22(20)25-21(26)14-8-11-17(28-5)18(12-14)29-6/h8,11-12,15H,7,9-10,13H2,1-6H3,(H,25,26)/t15-/m0/s1. The molecule has 1 aromatic heterocycles. The number of ether oxygens (including phenoxy) is 3. The number of methoxy groups -OCH3 is 2. The monoisotopic (exact) mass is 445 g/mol. The molecule has 31 heavy (non-hydrogen) atoms. The van der Waals surface area contributed by atoms with E-state index in [4.69, 9.17) is 14.2 Å². The molecule has 1 aliphatic rings. The third-order valence-corrected chi connectivity index (χ3v) is 7.01. The van der Waals surface area contributed by atoms with Crippen LogP contribution in [0.4, 0.5) is 5.00 Å². The molecule has 0 saturated heterocycles. The van der Waals surface area contributed by atoms with E-state index in [0.717, 1.165) is 29.7 Å². The van der Waals surface area contributed by atoms with Gasteiger partial charge in [0, 0.05) is 10.4 Å². The normalized spacial score (nSPS) is 15.7. The smallest absolute Gasteiger partial charge is 0.341 e. The van der Waals surface area contributed by atoms with E-state index < -0.39 is 0 Å². The summed E-state index contributed by atoms with van der Waals surface area (Å²) in [6.07, 6.45) is 2.74. The number of nitrogens with one attached hydrogen (secondary N) is 1. The van der Waals surface area contributed by atoms with Gasteiger partial charge < -0.3 is 19.5 Å². The van der Waals surface area contributed by atoms with Crippen LogP contribution in [0, 0.1) is 11.3 Å². The number of carbonyl (C=O) groups excluding carboxylic acids is 2. The Bertz CT molecular complexity index is 973. The van der Waals surface area contributed by atoms with Crippen LogP contribution in [0.1, 0.15) is 65.3 Å². The number of benzene rings is 1. The molecular weight excluding hydrogens is 414 g/mol. The minimum Gasteiger partial charge on any atom is -0.493 e. The van der Waals surface area contributed by atoms with E-state index in [1.54, 1.807) is 32.2 Å². The first kappa shape index (κ1) is 23.1. The van der Waals surface area contributed by atoms with Gasteiger partial charge in [0.25, 0.3) is 5.91 Å². The van der Waals surface area contributed by atoms with Gasteiger partial charge in [-0.1, -0.05) is 20.8 Å². The molecule has 3 rings (SSSR count). The molecule has 0 unspecified atom stereocenters. The second-order valence-corrected chi connectivity index (χ2v) is 9.86. The van der Waals surface area contributed by atoms with Crippen molar-refractivity contribution >= 4 is 28.2 Å². The lowest BCUT2D eigenvalue weighted by Crippen LogP contribution is -2.26. The molecule has 1 aliphatic carbocycles. The van der Waals surface area contributed by atoms with Crippen molar-refractivity contribution < 1.29 is 23.8 Å². The lowest BCUT2D eigenvalue weighted by molar-refractivity contribution is 0.0526.